The van der Waals surface area contributed by atoms with Gasteiger partial charge < -0.3 is 19.9 Å². The number of hydrogen-bond donors (Lipinski definition) is 2. The van der Waals surface area contributed by atoms with E-state index < -0.39 is 12.0 Å². The van der Waals surface area contributed by atoms with Crippen molar-refractivity contribution in [2.45, 2.75) is 40.3 Å². The Balaban J connectivity index is 1.43. The standard InChI is InChI=1S/C21H24Cl2N6O4/c1-11-9-15(22)5-6-16(11)32-14(4)19(30)24-7-8-25-20(31)21-26-17(28-33-21)10-29-13(3)18(23)12(2)27-29/h5-6,9,14H,7-8,10H2,1-4H3,(H,24,30)(H,25,31). The Morgan fingerprint density at radius 1 is 1.18 bits per heavy atom. The number of nitrogens with zero attached hydrogens (tertiary/aromatic N) is 4. The summed E-state index contributed by atoms with van der Waals surface area (Å²) in [5.41, 5.74) is 2.29. The Kier molecular flexibility index (Phi) is 7.93. The first-order valence-corrected chi connectivity index (χ1v) is 10.9. The molecular formula is C21H24Cl2N6O4. The molecule has 12 heteroatoms. The van der Waals surface area contributed by atoms with Crippen LogP contribution >= 0.6 is 23.2 Å². The number of carbonyl (C=O) groups excluding carboxylic acids is 2. The predicted octanol–water partition coefficient (Wildman–Crippen LogP) is 2.86. The molecular weight excluding hydrogens is 471 g/mol. The highest BCUT2D eigenvalue weighted by Crippen LogP contribution is 2.23. The average molecular weight is 495 g/mol. The monoisotopic (exact) mass is 494 g/mol. The fourth-order valence-corrected chi connectivity index (χ4v) is 3.31. The van der Waals surface area contributed by atoms with Crippen LogP contribution in [0, 0.1) is 20.8 Å². The molecule has 1 aromatic carbocycles. The molecule has 2 amide bonds. The largest absolute Gasteiger partial charge is 0.481 e. The van der Waals surface area contributed by atoms with Crippen LogP contribution in [0.1, 0.15) is 40.4 Å². The van der Waals surface area contributed by atoms with Crippen molar-refractivity contribution in [3.05, 3.63) is 56.9 Å². The topological polar surface area (TPSA) is 124 Å². The molecule has 176 valence electrons. The highest BCUT2D eigenvalue weighted by Gasteiger charge is 2.18. The Bertz CT molecular complexity index is 1160. The van der Waals surface area contributed by atoms with E-state index in [2.05, 4.69) is 25.9 Å². The van der Waals surface area contributed by atoms with Crippen molar-refractivity contribution in [3.8, 4) is 5.75 Å². The Hall–Kier alpha value is -3.11. The molecule has 0 aliphatic rings. The fraction of sp³-hybridized carbons (Fsp3) is 0.381. The zero-order chi connectivity index (χ0) is 24.1. The van der Waals surface area contributed by atoms with Crippen LogP contribution in [-0.2, 0) is 11.3 Å². The first-order chi connectivity index (χ1) is 15.7. The summed E-state index contributed by atoms with van der Waals surface area (Å²) in [4.78, 5) is 28.5. The second-order valence-corrected chi connectivity index (χ2v) is 8.19. The number of halogens is 2. The van der Waals surface area contributed by atoms with E-state index in [0.29, 0.717) is 27.3 Å². The molecule has 0 spiro atoms. The molecule has 0 fully saturated rings. The Morgan fingerprint density at radius 2 is 1.91 bits per heavy atom. The lowest BCUT2D eigenvalue weighted by molar-refractivity contribution is -0.127. The highest BCUT2D eigenvalue weighted by molar-refractivity contribution is 6.31. The van der Waals surface area contributed by atoms with E-state index in [9.17, 15) is 9.59 Å². The molecule has 2 heterocycles. The van der Waals surface area contributed by atoms with Crippen molar-refractivity contribution in [1.29, 1.82) is 0 Å². The molecule has 0 aliphatic heterocycles. The van der Waals surface area contributed by atoms with Gasteiger partial charge in [-0.3, -0.25) is 14.3 Å². The smallest absolute Gasteiger partial charge is 0.316 e. The number of rotatable bonds is 9. The maximum absolute atomic E-state index is 12.2. The van der Waals surface area contributed by atoms with Crippen molar-refractivity contribution in [2.75, 3.05) is 13.1 Å². The van der Waals surface area contributed by atoms with Crippen LogP contribution in [0.2, 0.25) is 10.0 Å². The second-order valence-electron chi connectivity index (χ2n) is 7.38. The van der Waals surface area contributed by atoms with E-state index in [-0.39, 0.29) is 31.4 Å². The van der Waals surface area contributed by atoms with E-state index in [1.165, 1.54) is 0 Å². The Labute approximate surface area is 200 Å². The number of aromatic nitrogens is 4. The second kappa shape index (κ2) is 10.7. The molecule has 0 aliphatic carbocycles. The first kappa shape index (κ1) is 24.5. The number of ether oxygens (including phenoxy) is 1. The molecule has 10 nitrogen and oxygen atoms in total. The van der Waals surface area contributed by atoms with Gasteiger partial charge in [0.25, 0.3) is 5.91 Å². The summed E-state index contributed by atoms with van der Waals surface area (Å²) in [5, 5.41) is 14.6. The zero-order valence-corrected chi connectivity index (χ0v) is 20.1. The van der Waals surface area contributed by atoms with Crippen molar-refractivity contribution in [1.82, 2.24) is 30.6 Å². The average Bonchev–Trinajstić information content (AvgIpc) is 3.33. The Morgan fingerprint density at radius 3 is 2.58 bits per heavy atom. The van der Waals surface area contributed by atoms with Gasteiger partial charge in [0.05, 0.1) is 16.4 Å². The minimum Gasteiger partial charge on any atom is -0.481 e. The van der Waals surface area contributed by atoms with E-state index >= 15 is 0 Å². The molecule has 0 saturated carbocycles. The van der Waals surface area contributed by atoms with Gasteiger partial charge in [0, 0.05) is 18.1 Å². The van der Waals surface area contributed by atoms with E-state index in [4.69, 9.17) is 32.5 Å². The summed E-state index contributed by atoms with van der Waals surface area (Å²) >= 11 is 12.1. The normalized spacial score (nSPS) is 11.8. The van der Waals surface area contributed by atoms with Crippen LogP contribution in [-0.4, -0.2) is 50.9 Å². The van der Waals surface area contributed by atoms with Crippen LogP contribution in [0.4, 0.5) is 0 Å². The van der Waals surface area contributed by atoms with E-state index in [1.54, 1.807) is 36.7 Å². The summed E-state index contributed by atoms with van der Waals surface area (Å²) in [7, 11) is 0. The van der Waals surface area contributed by atoms with Gasteiger partial charge in [-0.1, -0.05) is 28.4 Å². The van der Waals surface area contributed by atoms with Crippen molar-refractivity contribution in [3.63, 3.8) is 0 Å². The summed E-state index contributed by atoms with van der Waals surface area (Å²) in [6.45, 7) is 7.69. The molecule has 1 atom stereocenters. The summed E-state index contributed by atoms with van der Waals surface area (Å²) in [6.07, 6.45) is -0.720. The number of nitrogens with one attached hydrogen (secondary N) is 2. The van der Waals surface area contributed by atoms with Crippen LogP contribution in [0.3, 0.4) is 0 Å². The third-order valence-electron chi connectivity index (χ3n) is 4.77. The van der Waals surface area contributed by atoms with Crippen molar-refractivity contribution in [2.24, 2.45) is 0 Å². The van der Waals surface area contributed by atoms with Crippen molar-refractivity contribution < 1.29 is 18.8 Å². The fourth-order valence-electron chi connectivity index (χ4n) is 2.94. The van der Waals surface area contributed by atoms with Gasteiger partial charge in [-0.25, -0.2) is 0 Å². The predicted molar refractivity (Wildman–Crippen MR) is 122 cm³/mol. The van der Waals surface area contributed by atoms with Crippen LogP contribution in [0.15, 0.2) is 22.7 Å². The van der Waals surface area contributed by atoms with Gasteiger partial charge in [-0.15, -0.1) is 0 Å². The molecule has 2 aromatic heterocycles. The molecule has 0 bridgehead atoms. The van der Waals surface area contributed by atoms with Gasteiger partial charge in [0.15, 0.2) is 11.9 Å². The molecule has 3 aromatic rings. The lowest BCUT2D eigenvalue weighted by atomic mass is 10.2. The lowest BCUT2D eigenvalue weighted by Crippen LogP contribution is -2.40. The number of benzene rings is 1. The number of hydrogen-bond acceptors (Lipinski definition) is 7. The third-order valence-corrected chi connectivity index (χ3v) is 5.55. The lowest BCUT2D eigenvalue weighted by Gasteiger charge is -2.16. The van der Waals surface area contributed by atoms with Gasteiger partial charge >= 0.3 is 11.8 Å². The maximum Gasteiger partial charge on any atom is 0.316 e. The number of carbonyl (C=O) groups is 2. The quantitative estimate of drug-likeness (QED) is 0.438. The highest BCUT2D eigenvalue weighted by atomic mass is 35.5. The summed E-state index contributed by atoms with van der Waals surface area (Å²) < 4.78 is 12.3. The van der Waals surface area contributed by atoms with Crippen molar-refractivity contribution >= 4 is 35.0 Å². The van der Waals surface area contributed by atoms with Gasteiger partial charge in [0.1, 0.15) is 12.3 Å². The van der Waals surface area contributed by atoms with Gasteiger partial charge in [-0.2, -0.15) is 10.1 Å². The molecule has 0 saturated heterocycles. The van der Waals surface area contributed by atoms with Gasteiger partial charge in [-0.05, 0) is 51.5 Å². The van der Waals surface area contributed by atoms with Crippen LogP contribution < -0.4 is 15.4 Å². The van der Waals surface area contributed by atoms with Gasteiger partial charge in [0.2, 0.25) is 0 Å². The minimum absolute atomic E-state index is 0.169. The molecule has 33 heavy (non-hydrogen) atoms. The SMILES string of the molecule is Cc1cc(Cl)ccc1OC(C)C(=O)NCCNC(=O)c1nc(Cn2nc(C)c(Cl)c2C)no1. The third kappa shape index (κ3) is 6.23. The first-order valence-electron chi connectivity index (χ1n) is 10.2. The molecule has 3 rings (SSSR count). The van der Waals surface area contributed by atoms with E-state index in [0.717, 1.165) is 11.3 Å². The van der Waals surface area contributed by atoms with Crippen LogP contribution in [0.25, 0.3) is 0 Å². The maximum atomic E-state index is 12.2. The van der Waals surface area contributed by atoms with Crippen LogP contribution in [0.5, 0.6) is 5.75 Å². The number of amides is 2. The number of aryl methyl sites for hydroxylation is 2. The summed E-state index contributed by atoms with van der Waals surface area (Å²) in [6, 6.07) is 5.16. The summed E-state index contributed by atoms with van der Waals surface area (Å²) in [5.74, 6) is -0.180. The molecule has 2 N–H and O–H groups in total. The molecule has 1 unspecified atom stereocenters. The van der Waals surface area contributed by atoms with E-state index in [1.807, 2.05) is 13.8 Å². The zero-order valence-electron chi connectivity index (χ0n) is 18.6. The minimum atomic E-state index is -0.720. The molecule has 0 radical (unpaired) electrons.